The van der Waals surface area contributed by atoms with Gasteiger partial charge in [-0.15, -0.1) is 0 Å². The monoisotopic (exact) mass is 466 g/mol. The number of aromatic hydroxyl groups is 1. The summed E-state index contributed by atoms with van der Waals surface area (Å²) in [7, 11) is 0. The van der Waals surface area contributed by atoms with Crippen molar-refractivity contribution in [1.82, 2.24) is 19.5 Å². The topological polar surface area (TPSA) is 63.8 Å². The molecule has 0 unspecified atom stereocenters. The molecular weight excluding hydrogens is 452 g/mol. The molecule has 0 aliphatic rings. The molecule has 3 aromatic heterocycles. The van der Waals surface area contributed by atoms with E-state index in [9.17, 15) is 5.11 Å². The first-order chi connectivity index (χ1) is 15.2. The van der Waals surface area contributed by atoms with Crippen LogP contribution < -0.4 is 0 Å². The Morgan fingerprint density at radius 3 is 2.13 bits per heavy atom. The van der Waals surface area contributed by atoms with Crippen molar-refractivity contribution in [2.45, 2.75) is 0 Å². The van der Waals surface area contributed by atoms with Crippen molar-refractivity contribution in [2.24, 2.45) is 0 Å². The van der Waals surface area contributed by atoms with Gasteiger partial charge in [-0.25, -0.2) is 4.98 Å². The number of fused-ring (bicyclic) bond motifs is 6. The summed E-state index contributed by atoms with van der Waals surface area (Å²) in [6.07, 6.45) is 3.56. The van der Waals surface area contributed by atoms with E-state index in [2.05, 4.69) is 30.5 Å². The number of para-hydroxylation sites is 1. The van der Waals surface area contributed by atoms with Crippen molar-refractivity contribution in [3.63, 3.8) is 0 Å². The van der Waals surface area contributed by atoms with E-state index in [1.807, 2.05) is 66.7 Å². The molecule has 3 heterocycles. The molecule has 0 fully saturated rings. The van der Waals surface area contributed by atoms with Crippen molar-refractivity contribution in [3.8, 4) is 22.8 Å². The molecule has 0 aliphatic heterocycles. The fourth-order valence-electron chi connectivity index (χ4n) is 4.11. The Kier molecular flexibility index (Phi) is 4.01. The van der Waals surface area contributed by atoms with E-state index in [4.69, 9.17) is 4.98 Å². The molecule has 3 aromatic carbocycles. The van der Waals surface area contributed by atoms with Gasteiger partial charge in [0.2, 0.25) is 0 Å². The lowest BCUT2D eigenvalue weighted by atomic mass is 10.1. The van der Waals surface area contributed by atoms with Crippen LogP contribution in [0.2, 0.25) is 0 Å². The molecule has 0 saturated heterocycles. The first-order valence-electron chi connectivity index (χ1n) is 9.80. The van der Waals surface area contributed by atoms with Gasteiger partial charge in [-0.2, -0.15) is 0 Å². The highest BCUT2D eigenvalue weighted by atomic mass is 79.9. The molecule has 6 rings (SSSR count). The average molecular weight is 467 g/mol. The lowest BCUT2D eigenvalue weighted by Gasteiger charge is -2.12. The number of imidazole rings is 1. The molecule has 0 atom stereocenters. The Balaban J connectivity index is 1.88. The van der Waals surface area contributed by atoms with Gasteiger partial charge < -0.3 is 5.11 Å². The highest BCUT2D eigenvalue weighted by molar-refractivity contribution is 9.10. The second-order valence-corrected chi connectivity index (χ2v) is 8.18. The molecule has 0 saturated carbocycles. The van der Waals surface area contributed by atoms with E-state index >= 15 is 0 Å². The molecule has 0 radical (unpaired) electrons. The van der Waals surface area contributed by atoms with Crippen LogP contribution in [0.15, 0.2) is 89.7 Å². The molecule has 5 nitrogen and oxygen atoms in total. The molecule has 0 aliphatic carbocycles. The van der Waals surface area contributed by atoms with Crippen LogP contribution in [-0.4, -0.2) is 24.6 Å². The summed E-state index contributed by atoms with van der Waals surface area (Å²) in [5.41, 5.74) is 5.00. The van der Waals surface area contributed by atoms with Crippen LogP contribution in [0, 0.1) is 0 Å². The number of hydrogen-bond donors (Lipinski definition) is 1. The molecule has 0 bridgehead atoms. The Morgan fingerprint density at radius 1 is 0.710 bits per heavy atom. The Morgan fingerprint density at radius 2 is 1.39 bits per heavy atom. The van der Waals surface area contributed by atoms with Crippen LogP contribution in [0.4, 0.5) is 0 Å². The maximum absolute atomic E-state index is 10.6. The van der Waals surface area contributed by atoms with Gasteiger partial charge in [-0.3, -0.25) is 14.5 Å². The fourth-order valence-corrected chi connectivity index (χ4v) is 4.38. The van der Waals surface area contributed by atoms with Crippen LogP contribution in [-0.2, 0) is 0 Å². The summed E-state index contributed by atoms with van der Waals surface area (Å²) in [5, 5.41) is 12.5. The SMILES string of the molecule is Oc1ccccc1-c1nc2c3cccnc3c3ncccc3c2n1-c1ccc(Br)cc1. The maximum atomic E-state index is 10.6. The number of benzene rings is 3. The first-order valence-corrected chi connectivity index (χ1v) is 10.6. The van der Waals surface area contributed by atoms with Gasteiger partial charge in [-0.1, -0.05) is 28.1 Å². The third-order valence-corrected chi connectivity index (χ3v) is 5.99. The summed E-state index contributed by atoms with van der Waals surface area (Å²) in [5.74, 6) is 0.845. The van der Waals surface area contributed by atoms with Crippen molar-refractivity contribution in [3.05, 3.63) is 89.7 Å². The molecule has 31 heavy (non-hydrogen) atoms. The van der Waals surface area contributed by atoms with Gasteiger partial charge in [0, 0.05) is 33.3 Å². The number of aromatic nitrogens is 4. The van der Waals surface area contributed by atoms with Crippen LogP contribution >= 0.6 is 15.9 Å². The van der Waals surface area contributed by atoms with Crippen molar-refractivity contribution < 1.29 is 5.11 Å². The fraction of sp³-hybridized carbons (Fsp3) is 0. The highest BCUT2D eigenvalue weighted by Crippen LogP contribution is 2.39. The minimum absolute atomic E-state index is 0.182. The highest BCUT2D eigenvalue weighted by Gasteiger charge is 2.22. The van der Waals surface area contributed by atoms with Gasteiger partial charge in [0.05, 0.1) is 27.6 Å². The van der Waals surface area contributed by atoms with Crippen LogP contribution in [0.3, 0.4) is 0 Å². The normalized spacial score (nSPS) is 11.5. The number of phenols is 1. The van der Waals surface area contributed by atoms with Gasteiger partial charge in [-0.05, 0) is 60.7 Å². The molecule has 148 valence electrons. The zero-order valence-corrected chi connectivity index (χ0v) is 17.8. The van der Waals surface area contributed by atoms with Crippen LogP contribution in [0.25, 0.3) is 49.9 Å². The summed E-state index contributed by atoms with van der Waals surface area (Å²) >= 11 is 3.52. The average Bonchev–Trinajstić information content (AvgIpc) is 3.21. The second kappa shape index (κ2) is 6.89. The van der Waals surface area contributed by atoms with E-state index in [0.29, 0.717) is 11.4 Å². The third kappa shape index (κ3) is 2.72. The van der Waals surface area contributed by atoms with Crippen molar-refractivity contribution in [1.29, 1.82) is 0 Å². The predicted octanol–water partition coefficient (Wildman–Crippen LogP) is 6.26. The van der Waals surface area contributed by atoms with Gasteiger partial charge in [0.25, 0.3) is 0 Å². The smallest absolute Gasteiger partial charge is 0.149 e. The number of phenolic OH excluding ortho intramolecular Hbond substituents is 1. The standard InChI is InChI=1S/C25H15BrN4O/c26-15-9-11-16(12-10-15)30-24-19-7-4-14-28-22(19)21-18(6-3-13-27-21)23(24)29-25(30)17-5-1-2-8-20(17)31/h1-14,31H. The second-order valence-electron chi connectivity index (χ2n) is 7.26. The number of hydrogen-bond acceptors (Lipinski definition) is 4. The van der Waals surface area contributed by atoms with E-state index in [0.717, 1.165) is 43.0 Å². The molecule has 1 N–H and O–H groups in total. The first kappa shape index (κ1) is 18.0. The van der Waals surface area contributed by atoms with Crippen LogP contribution in [0.5, 0.6) is 5.75 Å². The van der Waals surface area contributed by atoms with E-state index in [-0.39, 0.29) is 5.75 Å². The van der Waals surface area contributed by atoms with Gasteiger partial charge in [0.15, 0.2) is 0 Å². The summed E-state index contributed by atoms with van der Waals surface area (Å²) in [6.45, 7) is 0. The zero-order chi connectivity index (χ0) is 20.9. The Labute approximate surface area is 185 Å². The minimum atomic E-state index is 0.182. The van der Waals surface area contributed by atoms with Crippen molar-refractivity contribution in [2.75, 3.05) is 0 Å². The van der Waals surface area contributed by atoms with Gasteiger partial charge >= 0.3 is 0 Å². The number of halogens is 1. The molecule has 0 spiro atoms. The minimum Gasteiger partial charge on any atom is -0.507 e. The molecule has 6 aromatic rings. The number of pyridine rings is 2. The molecule has 6 heteroatoms. The largest absolute Gasteiger partial charge is 0.507 e. The van der Waals surface area contributed by atoms with E-state index < -0.39 is 0 Å². The summed E-state index contributed by atoms with van der Waals surface area (Å²) in [6, 6.07) is 23.2. The summed E-state index contributed by atoms with van der Waals surface area (Å²) in [4.78, 5) is 14.3. The van der Waals surface area contributed by atoms with E-state index in [1.54, 1.807) is 18.5 Å². The quantitative estimate of drug-likeness (QED) is 0.306. The Hall–Kier alpha value is -3.77. The van der Waals surface area contributed by atoms with E-state index in [1.165, 1.54) is 0 Å². The molecule has 0 amide bonds. The summed E-state index contributed by atoms with van der Waals surface area (Å²) < 4.78 is 3.08. The lowest BCUT2D eigenvalue weighted by Crippen LogP contribution is -1.98. The van der Waals surface area contributed by atoms with Crippen LogP contribution in [0.1, 0.15) is 0 Å². The van der Waals surface area contributed by atoms with Gasteiger partial charge in [0.1, 0.15) is 11.6 Å². The van der Waals surface area contributed by atoms with Crippen molar-refractivity contribution >= 4 is 48.8 Å². The maximum Gasteiger partial charge on any atom is 0.149 e. The number of nitrogens with zero attached hydrogens (tertiary/aromatic N) is 4. The third-order valence-electron chi connectivity index (χ3n) is 5.46. The Bertz CT molecular complexity index is 1610. The lowest BCUT2D eigenvalue weighted by molar-refractivity contribution is 0.477. The predicted molar refractivity (Wildman–Crippen MR) is 126 cm³/mol. The molecular formula is C25H15BrN4O. The number of rotatable bonds is 2. The zero-order valence-electron chi connectivity index (χ0n) is 16.2.